The maximum Gasteiger partial charge on any atom is 0.263 e. The SMILES string of the molecule is NC(CCCCCC(=O)c1ncco1)c1nc(-c2ccc(F)cc2)c[nH]1. The van der Waals surface area contributed by atoms with Crippen LogP contribution in [-0.4, -0.2) is 20.7 Å². The summed E-state index contributed by atoms with van der Waals surface area (Å²) in [4.78, 5) is 23.2. The number of nitrogens with zero attached hydrogens (tertiary/aromatic N) is 2. The number of nitrogens with two attached hydrogens (primary N) is 1. The van der Waals surface area contributed by atoms with Crippen LogP contribution in [0.15, 0.2) is 47.3 Å². The Bertz CT molecular complexity index is 828. The highest BCUT2D eigenvalue weighted by Crippen LogP contribution is 2.21. The summed E-state index contributed by atoms with van der Waals surface area (Å²) in [7, 11) is 0. The number of aromatic nitrogens is 3. The number of nitrogens with one attached hydrogen (secondary N) is 1. The van der Waals surface area contributed by atoms with Crippen LogP contribution in [0.5, 0.6) is 0 Å². The second-order valence-corrected chi connectivity index (χ2v) is 6.14. The van der Waals surface area contributed by atoms with Gasteiger partial charge in [0.05, 0.1) is 17.9 Å². The fourth-order valence-corrected chi connectivity index (χ4v) is 2.73. The van der Waals surface area contributed by atoms with Crippen LogP contribution in [-0.2, 0) is 0 Å². The first-order valence-corrected chi connectivity index (χ1v) is 8.63. The van der Waals surface area contributed by atoms with Crippen molar-refractivity contribution in [2.24, 2.45) is 5.73 Å². The molecule has 0 saturated heterocycles. The molecule has 1 atom stereocenters. The molecule has 0 aliphatic heterocycles. The number of hydrogen-bond donors (Lipinski definition) is 2. The third-order valence-corrected chi connectivity index (χ3v) is 4.18. The molecule has 3 rings (SSSR count). The third-order valence-electron chi connectivity index (χ3n) is 4.18. The second kappa shape index (κ2) is 8.53. The molecule has 0 aliphatic carbocycles. The van der Waals surface area contributed by atoms with E-state index in [4.69, 9.17) is 10.2 Å². The van der Waals surface area contributed by atoms with Gasteiger partial charge < -0.3 is 15.1 Å². The first-order chi connectivity index (χ1) is 12.6. The second-order valence-electron chi connectivity index (χ2n) is 6.14. The van der Waals surface area contributed by atoms with Crippen LogP contribution in [0.25, 0.3) is 11.3 Å². The Labute approximate surface area is 150 Å². The first kappa shape index (κ1) is 18.0. The standard InChI is InChI=1S/C19H21FN4O2/c20-14-8-6-13(7-9-14)16-12-23-18(24-16)15(21)4-2-1-3-5-17(25)19-22-10-11-26-19/h6-12,15H,1-5,21H2,(H,23,24). The monoisotopic (exact) mass is 356 g/mol. The van der Waals surface area contributed by atoms with Crippen molar-refractivity contribution in [1.29, 1.82) is 0 Å². The highest BCUT2D eigenvalue weighted by molar-refractivity contribution is 5.91. The van der Waals surface area contributed by atoms with E-state index in [1.807, 2.05) is 0 Å². The Kier molecular flexibility index (Phi) is 5.91. The largest absolute Gasteiger partial charge is 0.442 e. The highest BCUT2D eigenvalue weighted by atomic mass is 19.1. The van der Waals surface area contributed by atoms with Crippen molar-refractivity contribution in [2.45, 2.75) is 38.1 Å². The summed E-state index contributed by atoms with van der Waals surface area (Å²) in [6.07, 6.45) is 8.39. The summed E-state index contributed by atoms with van der Waals surface area (Å²) in [6, 6.07) is 5.98. The van der Waals surface area contributed by atoms with Gasteiger partial charge in [-0.3, -0.25) is 4.79 Å². The van der Waals surface area contributed by atoms with Crippen LogP contribution < -0.4 is 5.73 Å². The fraction of sp³-hybridized carbons (Fsp3) is 0.316. The average molecular weight is 356 g/mol. The van der Waals surface area contributed by atoms with E-state index < -0.39 is 0 Å². The Morgan fingerprint density at radius 1 is 1.23 bits per heavy atom. The predicted molar refractivity (Wildman–Crippen MR) is 94.8 cm³/mol. The van der Waals surface area contributed by atoms with Crippen molar-refractivity contribution < 1.29 is 13.6 Å². The zero-order valence-corrected chi connectivity index (χ0v) is 14.3. The van der Waals surface area contributed by atoms with Gasteiger partial charge in [-0.15, -0.1) is 0 Å². The molecule has 136 valence electrons. The molecule has 6 nitrogen and oxygen atoms in total. The molecule has 2 heterocycles. The molecule has 7 heteroatoms. The Balaban J connectivity index is 1.42. The maximum absolute atomic E-state index is 13.0. The molecule has 0 spiro atoms. The van der Waals surface area contributed by atoms with E-state index in [2.05, 4.69) is 15.0 Å². The minimum Gasteiger partial charge on any atom is -0.442 e. The topological polar surface area (TPSA) is 97.8 Å². The number of rotatable bonds is 9. The van der Waals surface area contributed by atoms with Crippen LogP contribution in [0.4, 0.5) is 4.39 Å². The van der Waals surface area contributed by atoms with Crippen LogP contribution in [0.1, 0.15) is 54.7 Å². The van der Waals surface area contributed by atoms with Crippen LogP contribution in [0, 0.1) is 5.82 Å². The van der Waals surface area contributed by atoms with E-state index in [1.54, 1.807) is 18.3 Å². The van der Waals surface area contributed by atoms with Crippen molar-refractivity contribution in [2.75, 3.05) is 0 Å². The smallest absolute Gasteiger partial charge is 0.263 e. The van der Waals surface area contributed by atoms with Gasteiger partial charge >= 0.3 is 0 Å². The Morgan fingerprint density at radius 3 is 2.77 bits per heavy atom. The molecule has 2 aromatic heterocycles. The lowest BCUT2D eigenvalue weighted by Gasteiger charge is -2.08. The van der Waals surface area contributed by atoms with Crippen molar-refractivity contribution in [3.05, 3.63) is 60.5 Å². The van der Waals surface area contributed by atoms with Gasteiger partial charge in [-0.2, -0.15) is 0 Å². The predicted octanol–water partition coefficient (Wildman–Crippen LogP) is 4.04. The molecule has 3 N–H and O–H groups in total. The normalized spacial score (nSPS) is 12.2. The van der Waals surface area contributed by atoms with Crippen LogP contribution >= 0.6 is 0 Å². The number of ketones is 1. The summed E-state index contributed by atoms with van der Waals surface area (Å²) in [5.41, 5.74) is 7.77. The van der Waals surface area contributed by atoms with E-state index >= 15 is 0 Å². The zero-order chi connectivity index (χ0) is 18.4. The van der Waals surface area contributed by atoms with Crippen molar-refractivity contribution in [3.63, 3.8) is 0 Å². The number of unbranched alkanes of at least 4 members (excludes halogenated alkanes) is 2. The van der Waals surface area contributed by atoms with Gasteiger partial charge in [0.2, 0.25) is 5.78 Å². The van der Waals surface area contributed by atoms with E-state index in [-0.39, 0.29) is 23.5 Å². The molecular formula is C19H21FN4O2. The molecule has 0 saturated carbocycles. The lowest BCUT2D eigenvalue weighted by Crippen LogP contribution is -2.12. The molecule has 0 aliphatic rings. The third kappa shape index (κ3) is 4.64. The summed E-state index contributed by atoms with van der Waals surface area (Å²) >= 11 is 0. The van der Waals surface area contributed by atoms with Gasteiger partial charge in [-0.1, -0.05) is 12.8 Å². The number of halogens is 1. The van der Waals surface area contributed by atoms with Gasteiger partial charge in [0.15, 0.2) is 0 Å². The van der Waals surface area contributed by atoms with E-state index in [9.17, 15) is 9.18 Å². The molecule has 3 aromatic rings. The first-order valence-electron chi connectivity index (χ1n) is 8.63. The minimum absolute atomic E-state index is 0.0747. The summed E-state index contributed by atoms with van der Waals surface area (Å²) in [6.45, 7) is 0. The zero-order valence-electron chi connectivity index (χ0n) is 14.3. The van der Waals surface area contributed by atoms with Gasteiger partial charge in [0, 0.05) is 18.2 Å². The maximum atomic E-state index is 13.0. The number of oxazole rings is 1. The number of hydrogen-bond acceptors (Lipinski definition) is 5. The molecular weight excluding hydrogens is 335 g/mol. The molecule has 26 heavy (non-hydrogen) atoms. The number of H-pyrrole nitrogens is 1. The van der Waals surface area contributed by atoms with Crippen LogP contribution in [0.3, 0.4) is 0 Å². The minimum atomic E-state index is -0.275. The van der Waals surface area contributed by atoms with Gasteiger partial charge in [0.1, 0.15) is 17.9 Å². The molecule has 0 fully saturated rings. The van der Waals surface area contributed by atoms with Gasteiger partial charge in [-0.25, -0.2) is 14.4 Å². The molecule has 1 unspecified atom stereocenters. The fourth-order valence-electron chi connectivity index (χ4n) is 2.73. The number of Topliss-reactive ketones (excluding diaryl/α,β-unsaturated/α-hetero) is 1. The summed E-state index contributed by atoms with van der Waals surface area (Å²) < 4.78 is 18.0. The van der Waals surface area contributed by atoms with E-state index in [0.717, 1.165) is 36.9 Å². The van der Waals surface area contributed by atoms with Crippen molar-refractivity contribution >= 4 is 5.78 Å². The molecule has 0 bridgehead atoms. The van der Waals surface area contributed by atoms with Crippen molar-refractivity contribution in [1.82, 2.24) is 15.0 Å². The van der Waals surface area contributed by atoms with E-state index in [0.29, 0.717) is 12.2 Å². The van der Waals surface area contributed by atoms with E-state index in [1.165, 1.54) is 24.6 Å². The highest BCUT2D eigenvalue weighted by Gasteiger charge is 2.13. The van der Waals surface area contributed by atoms with Crippen LogP contribution in [0.2, 0.25) is 0 Å². The van der Waals surface area contributed by atoms with Crippen molar-refractivity contribution in [3.8, 4) is 11.3 Å². The summed E-state index contributed by atoms with van der Waals surface area (Å²) in [5.74, 6) is 0.530. The lowest BCUT2D eigenvalue weighted by molar-refractivity contribution is 0.0945. The van der Waals surface area contributed by atoms with Gasteiger partial charge in [0.25, 0.3) is 5.89 Å². The quantitative estimate of drug-likeness (QED) is 0.445. The Hall–Kier alpha value is -2.80. The Morgan fingerprint density at radius 2 is 2.04 bits per heavy atom. The summed E-state index contributed by atoms with van der Waals surface area (Å²) in [5, 5.41) is 0. The number of benzene rings is 1. The van der Waals surface area contributed by atoms with Gasteiger partial charge in [-0.05, 0) is 37.1 Å². The molecule has 0 amide bonds. The number of carbonyl (C=O) groups excluding carboxylic acids is 1. The molecule has 1 aromatic carbocycles. The number of carbonyl (C=O) groups is 1. The number of aromatic amines is 1. The average Bonchev–Trinajstić information content (AvgIpc) is 3.34. The number of imidazole rings is 1. The molecule has 0 radical (unpaired) electrons. The lowest BCUT2D eigenvalue weighted by atomic mass is 10.1.